The zero-order valence-electron chi connectivity index (χ0n) is 17.4. The first kappa shape index (κ1) is 20.4. The number of aryl methyl sites for hydroxylation is 1. The molecule has 5 rings (SSSR count). The molecule has 1 N–H and O–H groups in total. The first-order valence-corrected chi connectivity index (χ1v) is 11.6. The number of benzene rings is 1. The van der Waals surface area contributed by atoms with Gasteiger partial charge in [-0.05, 0) is 18.2 Å². The van der Waals surface area contributed by atoms with Gasteiger partial charge in [-0.2, -0.15) is 4.31 Å². The third-order valence-electron chi connectivity index (χ3n) is 5.94. The Kier molecular flexibility index (Phi) is 4.83. The number of H-pyrrole nitrogens is 1. The maximum Gasteiger partial charge on any atom is 0.254 e. The van der Waals surface area contributed by atoms with Crippen LogP contribution in [-0.4, -0.2) is 64.2 Å². The summed E-state index contributed by atoms with van der Waals surface area (Å²) in [5.74, 6) is -0.271. The van der Waals surface area contributed by atoms with Gasteiger partial charge in [0.2, 0.25) is 10.0 Å². The Morgan fingerprint density at radius 3 is 2.53 bits per heavy atom. The molecule has 4 aromatic rings. The summed E-state index contributed by atoms with van der Waals surface area (Å²) in [6, 6.07) is 12.0. The highest BCUT2D eigenvalue weighted by molar-refractivity contribution is 7.89. The summed E-state index contributed by atoms with van der Waals surface area (Å²) in [6.45, 7) is 0.817. The maximum atomic E-state index is 13.2. The number of amides is 1. The molecule has 1 aromatic carbocycles. The van der Waals surface area contributed by atoms with E-state index in [1.54, 1.807) is 36.3 Å². The number of carbonyl (C=O) groups excluding carboxylic acids is 1. The van der Waals surface area contributed by atoms with Crippen LogP contribution >= 0.6 is 0 Å². The standard InChI is InChI=1S/C22H21N5O4S/c1-25-18-7-3-2-5-15(18)17(13-20(25)28)22(29)26-9-11-27(12-10-26)32(30,31)19-14-24-21-16(19)6-4-8-23-21/h2-8,13-14H,9-12H2,1H3,(H,23,24). The van der Waals surface area contributed by atoms with Gasteiger partial charge >= 0.3 is 0 Å². The Bertz CT molecular complexity index is 1510. The monoisotopic (exact) mass is 451 g/mol. The number of sulfonamides is 1. The van der Waals surface area contributed by atoms with E-state index in [0.717, 1.165) is 0 Å². The lowest BCUT2D eigenvalue weighted by atomic mass is 10.1. The van der Waals surface area contributed by atoms with Crippen molar-refractivity contribution in [3.05, 3.63) is 70.8 Å². The number of carbonyl (C=O) groups is 1. The average molecular weight is 452 g/mol. The zero-order valence-corrected chi connectivity index (χ0v) is 18.2. The minimum atomic E-state index is -3.74. The van der Waals surface area contributed by atoms with Crippen LogP contribution in [0.3, 0.4) is 0 Å². The van der Waals surface area contributed by atoms with Crippen molar-refractivity contribution in [3.63, 3.8) is 0 Å². The number of pyridine rings is 2. The SMILES string of the molecule is Cn1c(=O)cc(C(=O)N2CCN(S(=O)(=O)c3c[nH]c4ncccc34)CC2)c2ccccc21. The lowest BCUT2D eigenvalue weighted by molar-refractivity contribution is 0.0699. The predicted octanol–water partition coefficient (Wildman–Crippen LogP) is 1.56. The molecule has 1 fully saturated rings. The fourth-order valence-electron chi connectivity index (χ4n) is 4.17. The molecule has 0 spiro atoms. The number of hydrogen-bond donors (Lipinski definition) is 1. The van der Waals surface area contributed by atoms with Crippen molar-refractivity contribution < 1.29 is 13.2 Å². The van der Waals surface area contributed by atoms with Gasteiger partial charge in [-0.25, -0.2) is 13.4 Å². The van der Waals surface area contributed by atoms with E-state index in [4.69, 9.17) is 0 Å². The van der Waals surface area contributed by atoms with E-state index in [-0.39, 0.29) is 42.5 Å². The molecule has 0 aliphatic carbocycles. The predicted molar refractivity (Wildman–Crippen MR) is 120 cm³/mol. The molecule has 9 nitrogen and oxygen atoms in total. The van der Waals surface area contributed by atoms with E-state index in [1.807, 2.05) is 18.2 Å². The summed E-state index contributed by atoms with van der Waals surface area (Å²) in [5.41, 5.74) is 1.26. The molecule has 0 bridgehead atoms. The molecule has 0 unspecified atom stereocenters. The third kappa shape index (κ3) is 3.19. The van der Waals surface area contributed by atoms with Crippen LogP contribution in [0.5, 0.6) is 0 Å². The highest BCUT2D eigenvalue weighted by atomic mass is 32.2. The van der Waals surface area contributed by atoms with E-state index in [1.165, 1.54) is 21.1 Å². The summed E-state index contributed by atoms with van der Waals surface area (Å²) in [7, 11) is -2.07. The van der Waals surface area contributed by atoms with Gasteiger partial charge in [0.15, 0.2) is 0 Å². The number of para-hydroxylation sites is 1. The van der Waals surface area contributed by atoms with Gasteiger partial charge in [0.05, 0.1) is 11.1 Å². The number of aromatic nitrogens is 3. The van der Waals surface area contributed by atoms with Gasteiger partial charge in [-0.3, -0.25) is 9.59 Å². The largest absolute Gasteiger partial charge is 0.345 e. The van der Waals surface area contributed by atoms with Crippen LogP contribution in [-0.2, 0) is 17.1 Å². The smallest absolute Gasteiger partial charge is 0.254 e. The van der Waals surface area contributed by atoms with Crippen molar-refractivity contribution >= 4 is 37.9 Å². The fourth-order valence-corrected chi connectivity index (χ4v) is 5.75. The summed E-state index contributed by atoms with van der Waals surface area (Å²) in [6.07, 6.45) is 3.05. The Hall–Kier alpha value is -3.50. The number of hydrogen-bond acceptors (Lipinski definition) is 5. The number of nitrogens with one attached hydrogen (secondary N) is 1. The molecule has 1 aliphatic heterocycles. The minimum absolute atomic E-state index is 0.170. The van der Waals surface area contributed by atoms with Crippen molar-refractivity contribution in [3.8, 4) is 0 Å². The number of piperazine rings is 1. The van der Waals surface area contributed by atoms with Crippen molar-refractivity contribution in [1.29, 1.82) is 0 Å². The van der Waals surface area contributed by atoms with E-state index < -0.39 is 10.0 Å². The van der Waals surface area contributed by atoms with Crippen LogP contribution in [0.25, 0.3) is 21.9 Å². The molecule has 4 heterocycles. The van der Waals surface area contributed by atoms with Crippen molar-refractivity contribution in [1.82, 2.24) is 23.7 Å². The van der Waals surface area contributed by atoms with E-state index in [2.05, 4.69) is 9.97 Å². The molecular weight excluding hydrogens is 430 g/mol. The van der Waals surface area contributed by atoms with E-state index in [9.17, 15) is 18.0 Å². The molecule has 32 heavy (non-hydrogen) atoms. The highest BCUT2D eigenvalue weighted by Gasteiger charge is 2.32. The molecule has 0 atom stereocenters. The third-order valence-corrected chi connectivity index (χ3v) is 7.88. The van der Waals surface area contributed by atoms with Crippen LogP contribution < -0.4 is 5.56 Å². The molecule has 1 amide bonds. The highest BCUT2D eigenvalue weighted by Crippen LogP contribution is 2.26. The lowest BCUT2D eigenvalue weighted by Crippen LogP contribution is -2.50. The van der Waals surface area contributed by atoms with Crippen molar-refractivity contribution in [2.75, 3.05) is 26.2 Å². The van der Waals surface area contributed by atoms with Crippen LogP contribution in [0.2, 0.25) is 0 Å². The van der Waals surface area contributed by atoms with Crippen molar-refractivity contribution in [2.24, 2.45) is 7.05 Å². The maximum absolute atomic E-state index is 13.2. The van der Waals surface area contributed by atoms with E-state index >= 15 is 0 Å². The van der Waals surface area contributed by atoms with Gasteiger partial charge < -0.3 is 14.5 Å². The Morgan fingerprint density at radius 2 is 1.75 bits per heavy atom. The second kappa shape index (κ2) is 7.57. The van der Waals surface area contributed by atoms with Gasteiger partial charge in [-0.15, -0.1) is 0 Å². The number of rotatable bonds is 3. The molecule has 3 aromatic heterocycles. The number of nitrogens with zero attached hydrogens (tertiary/aromatic N) is 4. The first-order valence-electron chi connectivity index (χ1n) is 10.2. The van der Waals surface area contributed by atoms with Crippen LogP contribution in [0.15, 0.2) is 64.5 Å². The van der Waals surface area contributed by atoms with Crippen LogP contribution in [0, 0.1) is 0 Å². The summed E-state index contributed by atoms with van der Waals surface area (Å²) in [5, 5.41) is 1.23. The fraction of sp³-hybridized carbons (Fsp3) is 0.227. The second-order valence-corrected chi connectivity index (χ2v) is 9.63. The minimum Gasteiger partial charge on any atom is -0.345 e. The topological polar surface area (TPSA) is 108 Å². The van der Waals surface area contributed by atoms with E-state index in [0.29, 0.717) is 27.5 Å². The summed E-state index contributed by atoms with van der Waals surface area (Å²) < 4.78 is 29.3. The molecule has 164 valence electrons. The van der Waals surface area contributed by atoms with Crippen molar-refractivity contribution in [2.45, 2.75) is 4.90 Å². The Morgan fingerprint density at radius 1 is 1.03 bits per heavy atom. The first-order chi connectivity index (χ1) is 15.4. The molecule has 1 saturated heterocycles. The molecule has 0 radical (unpaired) electrons. The number of aromatic amines is 1. The molecular formula is C22H21N5O4S. The Labute approximate surface area is 183 Å². The summed E-state index contributed by atoms with van der Waals surface area (Å²) >= 11 is 0. The van der Waals surface area contributed by atoms with Gasteiger partial charge in [-0.1, -0.05) is 18.2 Å². The number of fused-ring (bicyclic) bond motifs is 2. The molecule has 0 saturated carbocycles. The Balaban J connectivity index is 1.40. The van der Waals surface area contributed by atoms with Gasteiger partial charge in [0.1, 0.15) is 10.5 Å². The average Bonchev–Trinajstić information content (AvgIpc) is 3.26. The normalized spacial score (nSPS) is 15.5. The molecule has 1 aliphatic rings. The van der Waals surface area contributed by atoms with Crippen LogP contribution in [0.4, 0.5) is 0 Å². The quantitative estimate of drug-likeness (QED) is 0.509. The lowest BCUT2D eigenvalue weighted by Gasteiger charge is -2.34. The zero-order chi connectivity index (χ0) is 22.5. The van der Waals surface area contributed by atoms with Gasteiger partial charge in [0.25, 0.3) is 11.5 Å². The molecule has 10 heteroatoms. The van der Waals surface area contributed by atoms with Gasteiger partial charge in [0, 0.05) is 62.5 Å². The van der Waals surface area contributed by atoms with Crippen LogP contribution in [0.1, 0.15) is 10.4 Å². The second-order valence-electron chi connectivity index (χ2n) is 7.72. The summed E-state index contributed by atoms with van der Waals surface area (Å²) in [4.78, 5) is 34.4.